The standard InChI is InChI=1S/C17H19Br2NO/c1-3-20-16(12-5-4-6-14(18)9-12)11-13-10-15(19)7-8-17(13)21-2/h4-10,16,20H,3,11H2,1-2H3. The van der Waals surface area contributed by atoms with Crippen LogP contribution in [0, 0.1) is 0 Å². The normalized spacial score (nSPS) is 12.2. The van der Waals surface area contributed by atoms with Crippen LogP contribution in [-0.4, -0.2) is 13.7 Å². The average molecular weight is 413 g/mol. The number of rotatable bonds is 6. The summed E-state index contributed by atoms with van der Waals surface area (Å²) in [5.74, 6) is 0.927. The third-order valence-electron chi connectivity index (χ3n) is 3.37. The highest BCUT2D eigenvalue weighted by molar-refractivity contribution is 9.10. The predicted octanol–water partition coefficient (Wildman–Crippen LogP) is 5.11. The Bertz CT molecular complexity index is 601. The number of nitrogens with one attached hydrogen (secondary N) is 1. The van der Waals surface area contributed by atoms with Gasteiger partial charge in [-0.25, -0.2) is 0 Å². The van der Waals surface area contributed by atoms with E-state index in [9.17, 15) is 0 Å². The van der Waals surface area contributed by atoms with Crippen LogP contribution in [0.1, 0.15) is 24.1 Å². The van der Waals surface area contributed by atoms with Crippen LogP contribution in [0.2, 0.25) is 0 Å². The summed E-state index contributed by atoms with van der Waals surface area (Å²) in [4.78, 5) is 0. The zero-order chi connectivity index (χ0) is 15.2. The van der Waals surface area contributed by atoms with Crippen LogP contribution in [0.4, 0.5) is 0 Å². The molecule has 112 valence electrons. The highest BCUT2D eigenvalue weighted by atomic mass is 79.9. The van der Waals surface area contributed by atoms with Gasteiger partial charge in [0.15, 0.2) is 0 Å². The van der Waals surface area contributed by atoms with Crippen molar-refractivity contribution in [1.29, 1.82) is 0 Å². The van der Waals surface area contributed by atoms with E-state index in [1.165, 1.54) is 11.1 Å². The van der Waals surface area contributed by atoms with Crippen molar-refractivity contribution in [2.24, 2.45) is 0 Å². The molecule has 0 fully saturated rings. The lowest BCUT2D eigenvalue weighted by molar-refractivity contribution is 0.405. The van der Waals surface area contributed by atoms with Crippen LogP contribution < -0.4 is 10.1 Å². The van der Waals surface area contributed by atoms with Crippen LogP contribution in [0.15, 0.2) is 51.4 Å². The molecule has 1 N–H and O–H groups in total. The molecule has 0 saturated heterocycles. The Morgan fingerprint density at radius 1 is 1.10 bits per heavy atom. The molecule has 0 heterocycles. The minimum Gasteiger partial charge on any atom is -0.496 e. The maximum Gasteiger partial charge on any atom is 0.122 e. The third-order valence-corrected chi connectivity index (χ3v) is 4.35. The fourth-order valence-electron chi connectivity index (χ4n) is 2.40. The average Bonchev–Trinajstić information content (AvgIpc) is 2.47. The van der Waals surface area contributed by atoms with Gasteiger partial charge in [0, 0.05) is 15.0 Å². The second-order valence-corrected chi connectivity index (χ2v) is 6.66. The lowest BCUT2D eigenvalue weighted by Crippen LogP contribution is -2.23. The lowest BCUT2D eigenvalue weighted by Gasteiger charge is -2.20. The molecule has 0 spiro atoms. The van der Waals surface area contributed by atoms with E-state index in [1.807, 2.05) is 18.2 Å². The van der Waals surface area contributed by atoms with Gasteiger partial charge in [-0.1, -0.05) is 50.9 Å². The fraction of sp³-hybridized carbons (Fsp3) is 0.294. The number of likely N-dealkylation sites (N-methyl/N-ethyl adjacent to an activating group) is 1. The van der Waals surface area contributed by atoms with E-state index in [0.717, 1.165) is 27.7 Å². The third kappa shape index (κ3) is 4.56. The summed E-state index contributed by atoms with van der Waals surface area (Å²) >= 11 is 7.09. The topological polar surface area (TPSA) is 21.3 Å². The van der Waals surface area contributed by atoms with E-state index < -0.39 is 0 Å². The van der Waals surface area contributed by atoms with Gasteiger partial charge in [-0.05, 0) is 54.4 Å². The van der Waals surface area contributed by atoms with Crippen molar-refractivity contribution in [3.05, 3.63) is 62.5 Å². The van der Waals surface area contributed by atoms with Gasteiger partial charge in [-0.2, -0.15) is 0 Å². The maximum atomic E-state index is 5.48. The Balaban J connectivity index is 2.30. The number of benzene rings is 2. The first-order chi connectivity index (χ1) is 10.1. The SMILES string of the molecule is CCNC(Cc1cc(Br)ccc1OC)c1cccc(Br)c1. The first-order valence-corrected chi connectivity index (χ1v) is 8.54. The van der Waals surface area contributed by atoms with Crippen molar-refractivity contribution in [3.63, 3.8) is 0 Å². The first-order valence-electron chi connectivity index (χ1n) is 6.95. The van der Waals surface area contributed by atoms with Gasteiger partial charge in [0.2, 0.25) is 0 Å². The summed E-state index contributed by atoms with van der Waals surface area (Å²) in [7, 11) is 1.72. The van der Waals surface area contributed by atoms with Gasteiger partial charge >= 0.3 is 0 Å². The summed E-state index contributed by atoms with van der Waals surface area (Å²) in [5.41, 5.74) is 2.46. The van der Waals surface area contributed by atoms with Gasteiger partial charge in [0.05, 0.1) is 7.11 Å². The zero-order valence-electron chi connectivity index (χ0n) is 12.2. The summed E-state index contributed by atoms with van der Waals surface area (Å²) in [5, 5.41) is 3.55. The fourth-order valence-corrected chi connectivity index (χ4v) is 3.23. The molecular weight excluding hydrogens is 394 g/mol. The van der Waals surface area contributed by atoms with Gasteiger partial charge < -0.3 is 10.1 Å². The molecule has 0 aliphatic rings. The smallest absolute Gasteiger partial charge is 0.122 e. The Morgan fingerprint density at radius 2 is 1.86 bits per heavy atom. The zero-order valence-corrected chi connectivity index (χ0v) is 15.4. The van der Waals surface area contributed by atoms with Crippen LogP contribution >= 0.6 is 31.9 Å². The van der Waals surface area contributed by atoms with Crippen LogP contribution in [0.5, 0.6) is 5.75 Å². The van der Waals surface area contributed by atoms with Crippen molar-refractivity contribution in [1.82, 2.24) is 5.32 Å². The first kappa shape index (κ1) is 16.5. The lowest BCUT2D eigenvalue weighted by atomic mass is 9.98. The molecule has 1 atom stereocenters. The molecule has 0 aromatic heterocycles. The molecule has 0 aliphatic carbocycles. The van der Waals surface area contributed by atoms with E-state index >= 15 is 0 Å². The Kier molecular flexibility index (Phi) is 6.27. The molecule has 4 heteroatoms. The molecule has 2 nitrogen and oxygen atoms in total. The minimum atomic E-state index is 0.260. The quantitative estimate of drug-likeness (QED) is 0.711. The summed E-state index contributed by atoms with van der Waals surface area (Å²) in [6.45, 7) is 3.05. The van der Waals surface area contributed by atoms with Crippen LogP contribution in [0.3, 0.4) is 0 Å². The highest BCUT2D eigenvalue weighted by Crippen LogP contribution is 2.28. The van der Waals surface area contributed by atoms with Crippen molar-refractivity contribution < 1.29 is 4.74 Å². The Morgan fingerprint density at radius 3 is 2.52 bits per heavy atom. The molecule has 0 radical (unpaired) electrons. The molecule has 21 heavy (non-hydrogen) atoms. The molecule has 0 bridgehead atoms. The van der Waals surface area contributed by atoms with E-state index in [2.05, 4.69) is 68.4 Å². The monoisotopic (exact) mass is 411 g/mol. The molecular formula is C17H19Br2NO. The largest absolute Gasteiger partial charge is 0.496 e. The summed E-state index contributed by atoms with van der Waals surface area (Å²) in [6, 6.07) is 14.8. The van der Waals surface area contributed by atoms with Gasteiger partial charge in [0.1, 0.15) is 5.75 Å². The van der Waals surface area contributed by atoms with Gasteiger partial charge in [-0.3, -0.25) is 0 Å². The Hall–Kier alpha value is -0.840. The van der Waals surface area contributed by atoms with Gasteiger partial charge in [0.25, 0.3) is 0 Å². The van der Waals surface area contributed by atoms with E-state index in [4.69, 9.17) is 4.74 Å². The van der Waals surface area contributed by atoms with E-state index in [1.54, 1.807) is 7.11 Å². The van der Waals surface area contributed by atoms with Crippen molar-refractivity contribution in [2.75, 3.05) is 13.7 Å². The number of halogens is 2. The Labute approximate surface area is 143 Å². The van der Waals surface area contributed by atoms with Gasteiger partial charge in [-0.15, -0.1) is 0 Å². The molecule has 2 rings (SSSR count). The number of hydrogen-bond acceptors (Lipinski definition) is 2. The van der Waals surface area contributed by atoms with Crippen LogP contribution in [0.25, 0.3) is 0 Å². The number of ether oxygens (including phenoxy) is 1. The van der Waals surface area contributed by atoms with E-state index in [0.29, 0.717) is 0 Å². The molecule has 0 aliphatic heterocycles. The second kappa shape index (κ2) is 7.97. The summed E-state index contributed by atoms with van der Waals surface area (Å²) in [6.07, 6.45) is 0.882. The molecule has 0 saturated carbocycles. The molecule has 2 aromatic rings. The summed E-state index contributed by atoms with van der Waals surface area (Å²) < 4.78 is 7.65. The van der Waals surface area contributed by atoms with E-state index in [-0.39, 0.29) is 6.04 Å². The van der Waals surface area contributed by atoms with Crippen molar-refractivity contribution in [2.45, 2.75) is 19.4 Å². The molecule has 1 unspecified atom stereocenters. The minimum absolute atomic E-state index is 0.260. The second-order valence-electron chi connectivity index (χ2n) is 4.83. The highest BCUT2D eigenvalue weighted by Gasteiger charge is 2.14. The predicted molar refractivity (Wildman–Crippen MR) is 95.0 cm³/mol. The van der Waals surface area contributed by atoms with Crippen molar-refractivity contribution in [3.8, 4) is 5.75 Å². The molecule has 2 aromatic carbocycles. The molecule has 0 amide bonds. The maximum absolute atomic E-state index is 5.48. The van der Waals surface area contributed by atoms with Crippen LogP contribution in [-0.2, 0) is 6.42 Å². The number of methoxy groups -OCH3 is 1. The van der Waals surface area contributed by atoms with Crippen molar-refractivity contribution >= 4 is 31.9 Å². The number of hydrogen-bond donors (Lipinski definition) is 1.